The van der Waals surface area contributed by atoms with Gasteiger partial charge in [-0.1, -0.05) is 121 Å². The largest absolute Gasteiger partial charge is 0.393 e. The molecule has 9 rings (SSSR count). The predicted molar refractivity (Wildman–Crippen MR) is 235 cm³/mol. The molecule has 4 aromatic carbocycles. The van der Waals surface area contributed by atoms with Crippen LogP contribution in [0.2, 0.25) is 0 Å². The SMILES string of the molecule is FC(F)(Cl)C(F)(F)C(F)(F)C(F)(F)C(F)(F)C(F)(F)C1=Cc2nc1c(-c1ccccc1)c1ccc([nH]1)c(-c1ccccc1)c1nc(c(-c3ccccc3)c3ccc([nH]3)c2-c2ccccc2)C=C1. The van der Waals surface area contributed by atoms with Crippen LogP contribution in [0.5, 0.6) is 0 Å². The van der Waals surface area contributed by atoms with Crippen LogP contribution in [0.15, 0.2) is 146 Å². The van der Waals surface area contributed by atoms with E-state index in [-0.39, 0.29) is 39.3 Å². The van der Waals surface area contributed by atoms with Crippen LogP contribution in [0.25, 0.3) is 90.4 Å². The Balaban J connectivity index is 1.47. The Kier molecular flexibility index (Phi) is 10.8. The maximum atomic E-state index is 17.1. The zero-order valence-corrected chi connectivity index (χ0v) is 34.7. The number of halogens is 13. The molecule has 0 unspecified atom stereocenters. The molecule has 0 spiro atoms. The van der Waals surface area contributed by atoms with Gasteiger partial charge in [0.1, 0.15) is 0 Å². The molecule has 2 N–H and O–H groups in total. The van der Waals surface area contributed by atoms with E-state index in [1.165, 1.54) is 72.8 Å². The van der Waals surface area contributed by atoms with Gasteiger partial charge in [-0.25, -0.2) is 9.97 Å². The van der Waals surface area contributed by atoms with Crippen molar-refractivity contribution in [1.82, 2.24) is 19.9 Å². The highest BCUT2D eigenvalue weighted by Crippen LogP contribution is 2.63. The Morgan fingerprint density at radius 3 is 1.06 bits per heavy atom. The van der Waals surface area contributed by atoms with Gasteiger partial charge in [-0.05, 0) is 76.3 Å². The summed E-state index contributed by atoms with van der Waals surface area (Å²) in [7, 11) is 0. The van der Waals surface area contributed by atoms with Crippen LogP contribution < -0.4 is 0 Å². The minimum atomic E-state index is -7.91. The normalized spacial score (nSPS) is 13.8. The number of alkyl halides is 13. The number of benzene rings is 4. The van der Waals surface area contributed by atoms with Gasteiger partial charge in [-0.3, -0.25) is 0 Å². The molecular formula is C50H29ClF12N4. The van der Waals surface area contributed by atoms with Crippen molar-refractivity contribution in [1.29, 1.82) is 0 Å². The van der Waals surface area contributed by atoms with Crippen molar-refractivity contribution in [3.8, 4) is 44.5 Å². The lowest BCUT2D eigenvalue weighted by molar-refractivity contribution is -0.410. The van der Waals surface area contributed by atoms with Gasteiger partial charge in [0.05, 0.1) is 28.3 Å². The molecule has 17 heteroatoms. The predicted octanol–water partition coefficient (Wildman–Crippen LogP) is 15.7. The summed E-state index contributed by atoms with van der Waals surface area (Å²) in [5, 5.41) is -6.60. The van der Waals surface area contributed by atoms with E-state index in [4.69, 9.17) is 4.98 Å². The Morgan fingerprint density at radius 1 is 0.358 bits per heavy atom. The second-order valence-corrected chi connectivity index (χ2v) is 16.0. The summed E-state index contributed by atoms with van der Waals surface area (Å²) >= 11 is 4.04. The smallest absolute Gasteiger partial charge is 0.354 e. The van der Waals surface area contributed by atoms with Crippen LogP contribution >= 0.6 is 11.6 Å². The first-order chi connectivity index (χ1) is 31.7. The van der Waals surface area contributed by atoms with Crippen LogP contribution in [-0.4, -0.2) is 54.9 Å². The first kappa shape index (κ1) is 45.1. The molecular weight excluding hydrogens is 920 g/mol. The van der Waals surface area contributed by atoms with E-state index in [2.05, 4.69) is 26.6 Å². The maximum absolute atomic E-state index is 17.1. The number of hydrogen-bond donors (Lipinski definition) is 2. The standard InChI is InChI=1S/C50H29ClF12N4/c51-50(62,63)49(60,61)48(58,59)47(56,57)46(54,55)45(52,53)32-27-39-42(30-17-9-3-10-18-30)37-24-23-35(65-37)40(28-13-5-1-6-14-28)33-21-22-34(64-33)41(29-15-7-2-8-16-29)36-25-26-38(66-36)43(44(32)67-39)31-19-11-4-12-20-31/h1-27,65-66H. The van der Waals surface area contributed by atoms with Crippen LogP contribution in [0.3, 0.4) is 0 Å². The van der Waals surface area contributed by atoms with E-state index < -0.39 is 57.5 Å². The number of allylic oxidation sites excluding steroid dienone is 1. The van der Waals surface area contributed by atoms with E-state index in [0.717, 1.165) is 0 Å². The van der Waals surface area contributed by atoms with Crippen molar-refractivity contribution in [2.75, 3.05) is 0 Å². The molecule has 5 heterocycles. The highest BCUT2D eigenvalue weighted by Gasteiger charge is 2.90. The Labute approximate surface area is 377 Å². The van der Waals surface area contributed by atoms with E-state index in [0.29, 0.717) is 39.2 Å². The van der Waals surface area contributed by atoms with Crippen molar-refractivity contribution < 1.29 is 52.7 Å². The fraction of sp³-hybridized carbons (Fsp3) is 0.120. The van der Waals surface area contributed by atoms with Crippen molar-refractivity contribution >= 4 is 57.5 Å². The molecule has 0 atom stereocenters. The van der Waals surface area contributed by atoms with Gasteiger partial charge in [0, 0.05) is 44.3 Å². The van der Waals surface area contributed by atoms with Crippen molar-refractivity contribution in [3.05, 3.63) is 168 Å². The fourth-order valence-electron chi connectivity index (χ4n) is 8.09. The fourth-order valence-corrected chi connectivity index (χ4v) is 8.21. The lowest BCUT2D eigenvalue weighted by Crippen LogP contribution is -2.70. The molecule has 340 valence electrons. The van der Waals surface area contributed by atoms with Crippen molar-refractivity contribution in [2.45, 2.75) is 35.0 Å². The van der Waals surface area contributed by atoms with Crippen LogP contribution in [-0.2, 0) is 0 Å². The Hall–Kier alpha value is -7.07. The molecule has 0 saturated heterocycles. The molecule has 8 bridgehead atoms. The third-order valence-electron chi connectivity index (χ3n) is 11.4. The summed E-state index contributed by atoms with van der Waals surface area (Å²) in [6.07, 6.45) is 3.81. The summed E-state index contributed by atoms with van der Waals surface area (Å²) in [6.45, 7) is 0. The lowest BCUT2D eigenvalue weighted by Gasteiger charge is -2.40. The quantitative estimate of drug-likeness (QED) is 0.106. The molecule has 7 aromatic rings. The highest BCUT2D eigenvalue weighted by atomic mass is 35.5. The first-order valence-corrected chi connectivity index (χ1v) is 20.4. The third kappa shape index (κ3) is 7.19. The number of fused-ring (bicyclic) bond motifs is 8. The second kappa shape index (κ2) is 16.1. The first-order valence-electron chi connectivity index (χ1n) is 20.1. The number of nitrogens with one attached hydrogen (secondary N) is 2. The van der Waals surface area contributed by atoms with Gasteiger partial charge in [-0.15, -0.1) is 0 Å². The number of nitrogens with zero attached hydrogens (tertiary/aromatic N) is 2. The van der Waals surface area contributed by atoms with Gasteiger partial charge in [0.25, 0.3) is 0 Å². The highest BCUT2D eigenvalue weighted by molar-refractivity contribution is 6.22. The van der Waals surface area contributed by atoms with Gasteiger partial charge >= 0.3 is 35.0 Å². The van der Waals surface area contributed by atoms with Crippen molar-refractivity contribution in [2.24, 2.45) is 0 Å². The second-order valence-electron chi connectivity index (χ2n) is 15.5. The molecule has 0 amide bonds. The molecule has 3 aromatic heterocycles. The summed E-state index contributed by atoms with van der Waals surface area (Å²) in [4.78, 5) is 15.9. The maximum Gasteiger partial charge on any atom is 0.393 e. The molecule has 2 aliphatic rings. The monoisotopic (exact) mass is 948 g/mol. The van der Waals surface area contributed by atoms with Gasteiger partial charge in [0.2, 0.25) is 0 Å². The van der Waals surface area contributed by atoms with E-state index in [9.17, 15) is 26.3 Å². The van der Waals surface area contributed by atoms with Crippen molar-refractivity contribution in [3.63, 3.8) is 0 Å². The van der Waals surface area contributed by atoms with E-state index in [1.807, 2.05) is 12.1 Å². The van der Waals surface area contributed by atoms with Crippen LogP contribution in [0.1, 0.15) is 22.8 Å². The summed E-state index contributed by atoms with van der Waals surface area (Å²) in [6, 6.07) is 38.4. The molecule has 0 fully saturated rings. The third-order valence-corrected chi connectivity index (χ3v) is 11.6. The number of H-pyrrole nitrogens is 2. The summed E-state index contributed by atoms with van der Waals surface area (Å²) < 4.78 is 183. The lowest BCUT2D eigenvalue weighted by atomic mass is 9.87. The molecule has 4 nitrogen and oxygen atoms in total. The van der Waals surface area contributed by atoms with Crippen LogP contribution in [0, 0.1) is 0 Å². The average molecular weight is 949 g/mol. The van der Waals surface area contributed by atoms with E-state index in [1.54, 1.807) is 72.8 Å². The number of hydrogen-bond acceptors (Lipinski definition) is 2. The van der Waals surface area contributed by atoms with Gasteiger partial charge in [0.15, 0.2) is 0 Å². The van der Waals surface area contributed by atoms with E-state index >= 15 is 26.3 Å². The minimum Gasteiger partial charge on any atom is -0.354 e. The molecule has 67 heavy (non-hydrogen) atoms. The summed E-state index contributed by atoms with van der Waals surface area (Å²) in [5.41, 5.74) is -0.598. The number of rotatable bonds is 10. The summed E-state index contributed by atoms with van der Waals surface area (Å²) in [5.74, 6) is -37.4. The molecule has 0 saturated carbocycles. The molecule has 0 aliphatic carbocycles. The molecule has 2 aliphatic heterocycles. The number of aromatic nitrogens is 4. The average Bonchev–Trinajstić information content (AvgIpc) is 4.15. The minimum absolute atomic E-state index is 0.0482. The van der Waals surface area contributed by atoms with Gasteiger partial charge < -0.3 is 9.97 Å². The van der Waals surface area contributed by atoms with Gasteiger partial charge in [-0.2, -0.15) is 52.7 Å². The van der Waals surface area contributed by atoms with Crippen LogP contribution in [0.4, 0.5) is 52.7 Å². The Morgan fingerprint density at radius 2 is 0.687 bits per heavy atom. The Bertz CT molecular complexity index is 3250. The topological polar surface area (TPSA) is 57.4 Å². The zero-order valence-electron chi connectivity index (χ0n) is 33.9. The zero-order chi connectivity index (χ0) is 47.7. The molecule has 0 radical (unpaired) electrons. The number of aromatic amines is 2.